The van der Waals surface area contributed by atoms with Crippen molar-refractivity contribution in [2.75, 3.05) is 5.75 Å². The summed E-state index contributed by atoms with van der Waals surface area (Å²) in [7, 11) is -4.08. The van der Waals surface area contributed by atoms with Gasteiger partial charge in [0.05, 0.1) is 22.9 Å². The van der Waals surface area contributed by atoms with Crippen LogP contribution in [0.2, 0.25) is 0 Å². The number of nitrogens with zero attached hydrogens (tertiary/aromatic N) is 2. The summed E-state index contributed by atoms with van der Waals surface area (Å²) >= 11 is 0. The second-order valence-electron chi connectivity index (χ2n) is 2.90. The van der Waals surface area contributed by atoms with E-state index in [1.54, 1.807) is 34.1 Å². The fourth-order valence-electron chi connectivity index (χ4n) is 1.08. The Bertz CT molecular complexity index is 408. The summed E-state index contributed by atoms with van der Waals surface area (Å²) in [6, 6.07) is 0. The van der Waals surface area contributed by atoms with Crippen LogP contribution >= 0.6 is 0 Å². The average molecular weight is 216 g/mol. The fourth-order valence-corrected chi connectivity index (χ4v) is 1.56. The molecule has 1 aromatic heterocycles. The number of aryl methyl sites for hydroxylation is 1. The Labute approximate surface area is 83.0 Å². The van der Waals surface area contributed by atoms with Crippen molar-refractivity contribution in [3.63, 3.8) is 0 Å². The maximum atomic E-state index is 10.3. The van der Waals surface area contributed by atoms with Gasteiger partial charge in [0.1, 0.15) is 12.4 Å². The predicted octanol–water partition coefficient (Wildman–Crippen LogP) is -0.189. The van der Waals surface area contributed by atoms with Crippen molar-refractivity contribution in [2.45, 2.75) is 13.0 Å². The van der Waals surface area contributed by atoms with Crippen LogP contribution in [-0.4, -0.2) is 23.3 Å². The van der Waals surface area contributed by atoms with Gasteiger partial charge >= 0.3 is 0 Å². The number of imidazole rings is 1. The topological polar surface area (TPSA) is 66.0 Å². The molecule has 1 aromatic rings. The molecular weight excluding hydrogens is 204 g/mol. The fraction of sp³-hybridized carbons (Fsp3) is 0.375. The highest BCUT2D eigenvalue weighted by molar-refractivity contribution is 7.85. The third-order valence-electron chi connectivity index (χ3n) is 1.73. The molecule has 0 fully saturated rings. The van der Waals surface area contributed by atoms with Crippen molar-refractivity contribution in [1.29, 1.82) is 0 Å². The quantitative estimate of drug-likeness (QED) is 0.506. The van der Waals surface area contributed by atoms with Crippen molar-refractivity contribution in [3.05, 3.63) is 25.3 Å². The van der Waals surface area contributed by atoms with E-state index in [4.69, 9.17) is 0 Å². The summed E-state index contributed by atoms with van der Waals surface area (Å²) in [6.07, 6.45) is 7.31. The number of aromatic nitrogens is 2. The molecule has 0 aromatic carbocycles. The van der Waals surface area contributed by atoms with Crippen LogP contribution in [0.4, 0.5) is 0 Å². The molecule has 6 heteroatoms. The summed E-state index contributed by atoms with van der Waals surface area (Å²) in [5.41, 5.74) is 0. The number of hydrogen-bond donors (Lipinski definition) is 0. The molecule has 0 aliphatic carbocycles. The van der Waals surface area contributed by atoms with Gasteiger partial charge in [-0.1, -0.05) is 6.58 Å². The van der Waals surface area contributed by atoms with Gasteiger partial charge in [0.25, 0.3) is 0 Å². The number of rotatable bonds is 5. The van der Waals surface area contributed by atoms with E-state index in [0.29, 0.717) is 13.0 Å². The largest absolute Gasteiger partial charge is 0.748 e. The molecule has 0 radical (unpaired) electrons. The summed E-state index contributed by atoms with van der Waals surface area (Å²) in [6.45, 7) is 4.08. The summed E-state index contributed by atoms with van der Waals surface area (Å²) in [5, 5.41) is 0. The van der Waals surface area contributed by atoms with Gasteiger partial charge in [-0.2, -0.15) is 0 Å². The Hall–Kier alpha value is -1.14. The molecule has 0 N–H and O–H groups in total. The first-order valence-electron chi connectivity index (χ1n) is 4.14. The van der Waals surface area contributed by atoms with E-state index in [0.717, 1.165) is 0 Å². The van der Waals surface area contributed by atoms with Crippen molar-refractivity contribution < 1.29 is 17.5 Å². The highest BCUT2D eigenvalue weighted by atomic mass is 32.2. The van der Waals surface area contributed by atoms with Gasteiger partial charge in [0.15, 0.2) is 0 Å². The highest BCUT2D eigenvalue weighted by Crippen LogP contribution is 1.89. The second kappa shape index (κ2) is 4.39. The molecule has 0 bridgehead atoms. The molecular formula is C8H12N2O3S. The van der Waals surface area contributed by atoms with E-state index in [1.807, 2.05) is 0 Å². The summed E-state index contributed by atoms with van der Waals surface area (Å²) in [4.78, 5) is 0. The molecule has 1 heterocycles. The van der Waals surface area contributed by atoms with Crippen LogP contribution in [0.3, 0.4) is 0 Å². The van der Waals surface area contributed by atoms with Crippen molar-refractivity contribution in [2.24, 2.45) is 0 Å². The van der Waals surface area contributed by atoms with Gasteiger partial charge in [-0.25, -0.2) is 17.6 Å². The van der Waals surface area contributed by atoms with Crippen molar-refractivity contribution in [1.82, 2.24) is 4.57 Å². The van der Waals surface area contributed by atoms with Gasteiger partial charge in [0, 0.05) is 5.75 Å². The molecule has 14 heavy (non-hydrogen) atoms. The van der Waals surface area contributed by atoms with E-state index >= 15 is 0 Å². The van der Waals surface area contributed by atoms with Gasteiger partial charge < -0.3 is 4.55 Å². The minimum absolute atomic E-state index is 0.320. The third kappa shape index (κ3) is 3.71. The van der Waals surface area contributed by atoms with Crippen LogP contribution < -0.4 is 4.57 Å². The summed E-state index contributed by atoms with van der Waals surface area (Å²) < 4.78 is 34.4. The molecule has 5 nitrogen and oxygen atoms in total. The molecule has 0 aliphatic heterocycles. The lowest BCUT2D eigenvalue weighted by Gasteiger charge is -2.03. The SMILES string of the molecule is C=Cn1cc[n+](CCCS(=O)(=O)[O-])c1. The molecule has 0 saturated carbocycles. The molecule has 1 rings (SSSR count). The first-order chi connectivity index (χ1) is 6.51. The zero-order valence-electron chi connectivity index (χ0n) is 7.67. The van der Waals surface area contributed by atoms with Crippen molar-refractivity contribution >= 4 is 16.3 Å². The van der Waals surface area contributed by atoms with Gasteiger partial charge in [0.2, 0.25) is 6.33 Å². The van der Waals surface area contributed by atoms with E-state index in [-0.39, 0.29) is 5.75 Å². The second-order valence-corrected chi connectivity index (χ2v) is 4.42. The first kappa shape index (κ1) is 10.9. The zero-order chi connectivity index (χ0) is 10.6. The molecule has 0 atom stereocenters. The van der Waals surface area contributed by atoms with Crippen LogP contribution in [0, 0.1) is 0 Å². The van der Waals surface area contributed by atoms with E-state index < -0.39 is 10.1 Å². The standard InChI is InChI=1S/C8H12N2O3S/c1-2-9-5-6-10(8-9)4-3-7-14(11,12)13/h2,5-6,8H,1,3-4,7H2. The van der Waals surface area contributed by atoms with Crippen LogP contribution in [0.1, 0.15) is 6.42 Å². The normalized spacial score (nSPS) is 11.5. The number of hydrogen-bond acceptors (Lipinski definition) is 3. The average Bonchev–Trinajstić information content (AvgIpc) is 2.50. The Balaban J connectivity index is 2.42. The van der Waals surface area contributed by atoms with Crippen LogP contribution in [-0.2, 0) is 16.7 Å². The van der Waals surface area contributed by atoms with Gasteiger partial charge in [-0.15, -0.1) is 0 Å². The Kier molecular flexibility index (Phi) is 3.43. The molecule has 78 valence electrons. The van der Waals surface area contributed by atoms with Crippen molar-refractivity contribution in [3.8, 4) is 0 Å². The van der Waals surface area contributed by atoms with E-state index in [2.05, 4.69) is 6.58 Å². The smallest absolute Gasteiger partial charge is 0.248 e. The summed E-state index contributed by atoms with van der Waals surface area (Å²) in [5.74, 6) is -0.320. The van der Waals surface area contributed by atoms with Gasteiger partial charge in [-0.3, -0.25) is 0 Å². The monoisotopic (exact) mass is 216 g/mol. The lowest BCUT2D eigenvalue weighted by Crippen LogP contribution is -2.31. The molecule has 0 amide bonds. The van der Waals surface area contributed by atoms with Crippen LogP contribution in [0.15, 0.2) is 25.3 Å². The molecule has 0 unspecified atom stereocenters. The molecule has 0 saturated heterocycles. The van der Waals surface area contributed by atoms with E-state index in [9.17, 15) is 13.0 Å². The van der Waals surface area contributed by atoms with Gasteiger partial charge in [-0.05, 0) is 6.42 Å². The van der Waals surface area contributed by atoms with E-state index in [1.165, 1.54) is 0 Å². The zero-order valence-corrected chi connectivity index (χ0v) is 8.48. The lowest BCUT2D eigenvalue weighted by molar-refractivity contribution is -0.696. The Morgan fingerprint density at radius 2 is 2.29 bits per heavy atom. The third-order valence-corrected chi connectivity index (χ3v) is 2.52. The highest BCUT2D eigenvalue weighted by Gasteiger charge is 2.02. The maximum absolute atomic E-state index is 10.3. The van der Waals surface area contributed by atoms with Crippen LogP contribution in [0.25, 0.3) is 6.20 Å². The predicted molar refractivity (Wildman–Crippen MR) is 50.2 cm³/mol. The Morgan fingerprint density at radius 3 is 2.79 bits per heavy atom. The molecule has 0 aliphatic rings. The minimum Gasteiger partial charge on any atom is -0.748 e. The lowest BCUT2D eigenvalue weighted by atomic mass is 10.5. The Morgan fingerprint density at radius 1 is 1.57 bits per heavy atom. The minimum atomic E-state index is -4.08. The maximum Gasteiger partial charge on any atom is 0.248 e. The first-order valence-corrected chi connectivity index (χ1v) is 5.71. The molecule has 0 spiro atoms. The van der Waals surface area contributed by atoms with Crippen LogP contribution in [0.5, 0.6) is 0 Å².